The molecule has 35 heavy (non-hydrogen) atoms. The second-order valence-electron chi connectivity index (χ2n) is 6.89. The molecule has 0 aromatic carbocycles. The SMILES string of the molecule is C#CCCCC#Cc1cn([C@H]2C[C@@H](O)C(COP(=O)(O)OP(=O)(O)OP(=O)(O)O)O2)c(=O)[nH]c1=O. The van der Waals surface area contributed by atoms with E-state index in [1.807, 2.05) is 4.98 Å². The minimum Gasteiger partial charge on any atom is -0.390 e. The van der Waals surface area contributed by atoms with E-state index < -0.39 is 59.8 Å². The van der Waals surface area contributed by atoms with Crippen molar-refractivity contribution in [2.45, 2.75) is 44.1 Å². The smallest absolute Gasteiger partial charge is 0.390 e. The van der Waals surface area contributed by atoms with E-state index in [1.165, 1.54) is 0 Å². The van der Waals surface area contributed by atoms with Gasteiger partial charge in [-0.15, -0.1) is 12.3 Å². The summed E-state index contributed by atoms with van der Waals surface area (Å²) in [5, 5.41) is 10.2. The molecule has 0 saturated carbocycles. The van der Waals surface area contributed by atoms with Crippen LogP contribution in [0, 0.1) is 24.2 Å². The highest BCUT2D eigenvalue weighted by atomic mass is 31.3. The minimum absolute atomic E-state index is 0.0693. The average molecular weight is 558 g/mol. The van der Waals surface area contributed by atoms with Crippen LogP contribution in [0.2, 0.25) is 0 Å². The van der Waals surface area contributed by atoms with Gasteiger partial charge in [-0.2, -0.15) is 8.62 Å². The Hall–Kier alpha value is -1.87. The number of aliphatic hydroxyl groups excluding tert-OH is 1. The highest BCUT2D eigenvalue weighted by molar-refractivity contribution is 7.66. The maximum atomic E-state index is 12.2. The summed E-state index contributed by atoms with van der Waals surface area (Å²) in [5.74, 6) is 7.78. The molecule has 2 heterocycles. The topological polar surface area (TPSA) is 244 Å². The number of aromatic nitrogens is 2. The molecule has 194 valence electrons. The lowest BCUT2D eigenvalue weighted by Crippen LogP contribution is -2.33. The molecule has 0 radical (unpaired) electrons. The second kappa shape index (κ2) is 11.9. The number of terminal acetylenes is 1. The van der Waals surface area contributed by atoms with Crippen molar-refractivity contribution in [3.05, 3.63) is 32.6 Å². The lowest BCUT2D eigenvalue weighted by Gasteiger charge is -2.19. The van der Waals surface area contributed by atoms with Crippen molar-refractivity contribution in [2.75, 3.05) is 6.61 Å². The zero-order valence-corrected chi connectivity index (χ0v) is 20.3. The number of H-pyrrole nitrogens is 1. The Morgan fingerprint density at radius 3 is 2.46 bits per heavy atom. The average Bonchev–Trinajstić information content (AvgIpc) is 3.05. The Bertz CT molecular complexity index is 1280. The second-order valence-corrected chi connectivity index (χ2v) is 11.3. The van der Waals surface area contributed by atoms with Gasteiger partial charge in [0.1, 0.15) is 17.9 Å². The number of hydrogen-bond acceptors (Lipinski definition) is 10. The number of nitrogens with zero attached hydrogens (tertiary/aromatic N) is 1. The Balaban J connectivity index is 2.08. The van der Waals surface area contributed by atoms with Crippen molar-refractivity contribution in [2.24, 2.45) is 0 Å². The van der Waals surface area contributed by atoms with Gasteiger partial charge in [0.15, 0.2) is 0 Å². The molecule has 0 aliphatic carbocycles. The van der Waals surface area contributed by atoms with E-state index in [9.17, 15) is 33.3 Å². The summed E-state index contributed by atoms with van der Waals surface area (Å²) in [6.07, 6.45) is 3.64. The molecule has 0 spiro atoms. The molecule has 19 heteroatoms. The van der Waals surface area contributed by atoms with Crippen molar-refractivity contribution >= 4 is 23.5 Å². The van der Waals surface area contributed by atoms with Gasteiger partial charge in [0.05, 0.1) is 12.7 Å². The standard InChI is InChI=1S/C16H21N2O14P3/c1-2-3-4-5-6-7-11-9-18(16(21)17-15(11)20)14-8-12(19)13(30-14)10-29-34(25,26)32-35(27,28)31-33(22,23)24/h1,9,12-14,19H,3-5,8,10H2,(H,25,26)(H,27,28)(H,17,20,21)(H2,22,23,24)/t12-,13?,14-/m1/s1. The van der Waals surface area contributed by atoms with Gasteiger partial charge in [0.25, 0.3) is 5.56 Å². The first-order valence-electron chi connectivity index (χ1n) is 9.52. The number of aliphatic hydroxyl groups is 1. The van der Waals surface area contributed by atoms with E-state index in [4.69, 9.17) is 25.8 Å². The number of nitrogens with one attached hydrogen (secondary N) is 1. The summed E-state index contributed by atoms with van der Waals surface area (Å²) < 4.78 is 51.8. The first-order valence-corrected chi connectivity index (χ1v) is 14.0. The maximum Gasteiger partial charge on any atom is 0.490 e. The van der Waals surface area contributed by atoms with Crippen LogP contribution in [0.4, 0.5) is 0 Å². The largest absolute Gasteiger partial charge is 0.490 e. The zero-order chi connectivity index (χ0) is 26.4. The third kappa shape index (κ3) is 9.60. The van der Waals surface area contributed by atoms with E-state index in [1.54, 1.807) is 0 Å². The van der Waals surface area contributed by atoms with Gasteiger partial charge in [0, 0.05) is 25.5 Å². The summed E-state index contributed by atoms with van der Waals surface area (Å²) in [7, 11) is -16.7. The normalized spacial score (nSPS) is 23.5. The summed E-state index contributed by atoms with van der Waals surface area (Å²) in [4.78, 5) is 61.9. The molecule has 0 amide bonds. The third-order valence-electron chi connectivity index (χ3n) is 4.15. The van der Waals surface area contributed by atoms with Gasteiger partial charge < -0.3 is 29.4 Å². The predicted molar refractivity (Wildman–Crippen MR) is 115 cm³/mol. The molecule has 1 aromatic heterocycles. The van der Waals surface area contributed by atoms with Gasteiger partial charge in [0.2, 0.25) is 0 Å². The van der Waals surface area contributed by atoms with Gasteiger partial charge in [-0.25, -0.2) is 18.5 Å². The van der Waals surface area contributed by atoms with Crippen LogP contribution < -0.4 is 11.2 Å². The van der Waals surface area contributed by atoms with Crippen LogP contribution >= 0.6 is 23.5 Å². The minimum atomic E-state index is -5.71. The molecular weight excluding hydrogens is 537 g/mol. The summed E-state index contributed by atoms with van der Waals surface area (Å²) in [6.45, 7) is -0.915. The maximum absolute atomic E-state index is 12.2. The van der Waals surface area contributed by atoms with E-state index in [-0.39, 0.29) is 12.0 Å². The Kier molecular flexibility index (Phi) is 9.99. The highest BCUT2D eigenvalue weighted by Gasteiger charge is 2.43. The lowest BCUT2D eigenvalue weighted by atomic mass is 10.2. The summed E-state index contributed by atoms with van der Waals surface area (Å²) >= 11 is 0. The van der Waals surface area contributed by atoms with E-state index >= 15 is 0 Å². The van der Waals surface area contributed by atoms with E-state index in [2.05, 4.69) is 30.9 Å². The van der Waals surface area contributed by atoms with Crippen LogP contribution in [0.5, 0.6) is 0 Å². The fourth-order valence-corrected chi connectivity index (χ4v) is 5.76. The molecule has 3 unspecified atom stereocenters. The molecule has 1 fully saturated rings. The van der Waals surface area contributed by atoms with Gasteiger partial charge in [-0.05, 0) is 6.42 Å². The van der Waals surface area contributed by atoms with Crippen LogP contribution in [0.1, 0.15) is 37.5 Å². The van der Waals surface area contributed by atoms with Crippen molar-refractivity contribution in [1.82, 2.24) is 9.55 Å². The van der Waals surface area contributed by atoms with Gasteiger partial charge >= 0.3 is 29.2 Å². The van der Waals surface area contributed by atoms with Crippen LogP contribution in [-0.4, -0.2) is 53.0 Å². The van der Waals surface area contributed by atoms with Crippen LogP contribution in [0.3, 0.4) is 0 Å². The Morgan fingerprint density at radius 1 is 1.14 bits per heavy atom. The molecule has 1 aliphatic heterocycles. The number of hydrogen-bond donors (Lipinski definition) is 6. The first kappa shape index (κ1) is 29.4. The molecule has 5 atom stereocenters. The monoisotopic (exact) mass is 558 g/mol. The quantitative estimate of drug-likeness (QED) is 0.123. The van der Waals surface area contributed by atoms with E-state index in [0.717, 1.165) is 10.8 Å². The number of rotatable bonds is 10. The fourth-order valence-electron chi connectivity index (χ4n) is 2.73. The Morgan fingerprint density at radius 2 is 1.83 bits per heavy atom. The molecule has 2 rings (SSSR count). The van der Waals surface area contributed by atoms with Crippen LogP contribution in [0.25, 0.3) is 0 Å². The van der Waals surface area contributed by atoms with E-state index in [0.29, 0.717) is 19.3 Å². The molecule has 0 bridgehead atoms. The molecule has 1 aliphatic rings. The van der Waals surface area contributed by atoms with Crippen molar-refractivity contribution < 1.29 is 56.3 Å². The number of unbranched alkanes of at least 4 members (excludes halogenated alkanes) is 2. The number of phosphoric acid groups is 3. The van der Waals surface area contributed by atoms with Crippen molar-refractivity contribution in [1.29, 1.82) is 0 Å². The number of phosphoric ester groups is 1. The third-order valence-corrected chi connectivity index (χ3v) is 7.95. The Labute approximate surface area is 197 Å². The highest BCUT2D eigenvalue weighted by Crippen LogP contribution is 2.66. The molecule has 1 saturated heterocycles. The number of aromatic amines is 1. The van der Waals surface area contributed by atoms with Crippen LogP contribution in [0.15, 0.2) is 15.8 Å². The van der Waals surface area contributed by atoms with Crippen molar-refractivity contribution in [3.63, 3.8) is 0 Å². The molecule has 1 aromatic rings. The number of ether oxygens (including phenoxy) is 1. The zero-order valence-electron chi connectivity index (χ0n) is 17.6. The predicted octanol–water partition coefficient (Wildman–Crippen LogP) is -0.317. The lowest BCUT2D eigenvalue weighted by molar-refractivity contribution is -0.0450. The summed E-state index contributed by atoms with van der Waals surface area (Å²) in [6, 6.07) is 0. The molecular formula is C16H21N2O14P3. The fraction of sp³-hybridized carbons (Fsp3) is 0.500. The summed E-state index contributed by atoms with van der Waals surface area (Å²) in [5.41, 5.74) is -1.71. The first-order chi connectivity index (χ1) is 16.1. The molecule has 6 N–H and O–H groups in total. The van der Waals surface area contributed by atoms with Gasteiger partial charge in [-0.1, -0.05) is 11.8 Å². The van der Waals surface area contributed by atoms with Gasteiger partial charge in [-0.3, -0.25) is 18.9 Å². The van der Waals surface area contributed by atoms with Crippen LogP contribution in [-0.2, 0) is 31.6 Å². The van der Waals surface area contributed by atoms with Crippen molar-refractivity contribution in [3.8, 4) is 24.2 Å². The molecule has 16 nitrogen and oxygen atoms in total.